The maximum Gasteiger partial charge on any atom is 0.172 e. The van der Waals surface area contributed by atoms with Crippen LogP contribution in [0.1, 0.15) is 12.8 Å². The third-order valence-electron chi connectivity index (χ3n) is 3.55. The Kier molecular flexibility index (Phi) is 3.21. The van der Waals surface area contributed by atoms with Crippen LogP contribution in [0.25, 0.3) is 11.0 Å². The van der Waals surface area contributed by atoms with Crippen LogP contribution in [0.2, 0.25) is 0 Å². The first-order chi connectivity index (χ1) is 9.28. The number of aromatic nitrogens is 2. The fraction of sp³-hybridized carbons (Fsp3) is 0.429. The molecule has 0 saturated carbocycles. The summed E-state index contributed by atoms with van der Waals surface area (Å²) in [5.74, 6) is 1.74. The van der Waals surface area contributed by atoms with Crippen molar-refractivity contribution in [3.63, 3.8) is 0 Å². The minimum atomic E-state index is 0.228. The van der Waals surface area contributed by atoms with Crippen LogP contribution in [0, 0.1) is 0 Å². The average Bonchev–Trinajstić information content (AvgIpc) is 2.46. The molecule has 1 aliphatic rings. The van der Waals surface area contributed by atoms with Crippen LogP contribution in [0.5, 0.6) is 0 Å². The minimum absolute atomic E-state index is 0.228. The van der Waals surface area contributed by atoms with E-state index in [0.29, 0.717) is 0 Å². The Morgan fingerprint density at radius 1 is 1.26 bits per heavy atom. The molecule has 1 aromatic heterocycles. The molecule has 1 fully saturated rings. The second-order valence-corrected chi connectivity index (χ2v) is 4.98. The normalized spacial score (nSPS) is 19.7. The number of nitrogens with zero attached hydrogens (tertiary/aromatic N) is 3. The molecule has 0 spiro atoms. The van der Waals surface area contributed by atoms with E-state index in [1.54, 1.807) is 0 Å². The van der Waals surface area contributed by atoms with Crippen molar-refractivity contribution in [1.29, 1.82) is 0 Å². The molecule has 2 aromatic rings. The SMILES string of the molecule is CNc1nc2ccccc2nc1N1CCCC(N)C1. The quantitative estimate of drug-likeness (QED) is 0.855. The molecule has 0 amide bonds. The van der Waals surface area contributed by atoms with Crippen molar-refractivity contribution in [1.82, 2.24) is 9.97 Å². The Balaban J connectivity index is 2.05. The lowest BCUT2D eigenvalue weighted by atomic mass is 10.1. The summed E-state index contributed by atoms with van der Waals surface area (Å²) < 4.78 is 0. The second kappa shape index (κ2) is 5.01. The Labute approximate surface area is 112 Å². The predicted molar refractivity (Wildman–Crippen MR) is 78.5 cm³/mol. The molecular weight excluding hydrogens is 238 g/mol. The van der Waals surface area contributed by atoms with Gasteiger partial charge in [-0.25, -0.2) is 9.97 Å². The van der Waals surface area contributed by atoms with Crippen molar-refractivity contribution in [3.05, 3.63) is 24.3 Å². The third-order valence-corrected chi connectivity index (χ3v) is 3.55. The third kappa shape index (κ3) is 2.33. The molecule has 3 rings (SSSR count). The molecule has 1 atom stereocenters. The highest BCUT2D eigenvalue weighted by Gasteiger charge is 2.21. The van der Waals surface area contributed by atoms with Crippen molar-refractivity contribution in [3.8, 4) is 0 Å². The summed E-state index contributed by atoms with van der Waals surface area (Å²) in [6.45, 7) is 1.84. The molecular formula is C14H19N5. The summed E-state index contributed by atoms with van der Waals surface area (Å²) in [6, 6.07) is 8.17. The first kappa shape index (κ1) is 12.2. The van der Waals surface area contributed by atoms with E-state index in [-0.39, 0.29) is 6.04 Å². The van der Waals surface area contributed by atoms with Crippen molar-refractivity contribution in [2.75, 3.05) is 30.4 Å². The van der Waals surface area contributed by atoms with Crippen LogP contribution >= 0.6 is 0 Å². The van der Waals surface area contributed by atoms with Crippen molar-refractivity contribution >= 4 is 22.7 Å². The maximum atomic E-state index is 6.06. The molecule has 2 heterocycles. The van der Waals surface area contributed by atoms with Crippen LogP contribution in [-0.2, 0) is 0 Å². The molecule has 0 bridgehead atoms. The van der Waals surface area contributed by atoms with E-state index in [4.69, 9.17) is 10.7 Å². The smallest absolute Gasteiger partial charge is 0.172 e. The van der Waals surface area contributed by atoms with E-state index in [1.807, 2.05) is 31.3 Å². The molecule has 5 nitrogen and oxygen atoms in total. The molecule has 19 heavy (non-hydrogen) atoms. The van der Waals surface area contributed by atoms with Gasteiger partial charge in [0.05, 0.1) is 11.0 Å². The molecule has 1 saturated heterocycles. The van der Waals surface area contributed by atoms with Crippen LogP contribution < -0.4 is 16.0 Å². The summed E-state index contributed by atoms with van der Waals surface area (Å²) in [6.07, 6.45) is 2.20. The zero-order chi connectivity index (χ0) is 13.2. The molecule has 0 radical (unpaired) electrons. The summed E-state index contributed by atoms with van der Waals surface area (Å²) in [4.78, 5) is 11.6. The Bertz CT molecular complexity index is 583. The fourth-order valence-corrected chi connectivity index (χ4v) is 2.58. The molecule has 1 unspecified atom stereocenters. The van der Waals surface area contributed by atoms with Gasteiger partial charge in [-0.05, 0) is 25.0 Å². The Morgan fingerprint density at radius 3 is 2.68 bits per heavy atom. The summed E-state index contributed by atoms with van der Waals surface area (Å²) in [5.41, 5.74) is 7.90. The number of benzene rings is 1. The first-order valence-electron chi connectivity index (χ1n) is 6.73. The maximum absolute atomic E-state index is 6.06. The van der Waals surface area contributed by atoms with Crippen LogP contribution in [0.3, 0.4) is 0 Å². The number of anilines is 2. The average molecular weight is 257 g/mol. The van der Waals surface area contributed by atoms with Gasteiger partial charge in [-0.2, -0.15) is 0 Å². The molecule has 100 valence electrons. The zero-order valence-electron chi connectivity index (χ0n) is 11.1. The number of fused-ring (bicyclic) bond motifs is 1. The number of hydrogen-bond acceptors (Lipinski definition) is 5. The highest BCUT2D eigenvalue weighted by Crippen LogP contribution is 2.26. The van der Waals surface area contributed by atoms with Gasteiger partial charge in [-0.3, -0.25) is 0 Å². The molecule has 5 heteroatoms. The number of nitrogens with one attached hydrogen (secondary N) is 1. The van der Waals surface area contributed by atoms with E-state index >= 15 is 0 Å². The van der Waals surface area contributed by atoms with E-state index in [2.05, 4.69) is 15.2 Å². The lowest BCUT2D eigenvalue weighted by molar-refractivity contribution is 0.503. The highest BCUT2D eigenvalue weighted by molar-refractivity contribution is 5.80. The summed E-state index contributed by atoms with van der Waals surface area (Å²) >= 11 is 0. The van der Waals surface area contributed by atoms with Gasteiger partial charge in [0.1, 0.15) is 0 Å². The largest absolute Gasteiger partial charge is 0.370 e. The molecule has 1 aliphatic heterocycles. The van der Waals surface area contributed by atoms with E-state index < -0.39 is 0 Å². The van der Waals surface area contributed by atoms with Crippen LogP contribution in [-0.4, -0.2) is 36.1 Å². The van der Waals surface area contributed by atoms with Gasteiger partial charge >= 0.3 is 0 Å². The van der Waals surface area contributed by atoms with E-state index in [0.717, 1.165) is 48.6 Å². The van der Waals surface area contributed by atoms with Gasteiger partial charge in [0.2, 0.25) is 0 Å². The zero-order valence-corrected chi connectivity index (χ0v) is 11.1. The Morgan fingerprint density at radius 2 is 2.00 bits per heavy atom. The van der Waals surface area contributed by atoms with Crippen molar-refractivity contribution < 1.29 is 0 Å². The van der Waals surface area contributed by atoms with Gasteiger partial charge in [0.25, 0.3) is 0 Å². The summed E-state index contributed by atoms with van der Waals surface area (Å²) in [7, 11) is 1.88. The second-order valence-electron chi connectivity index (χ2n) is 4.98. The number of piperidine rings is 1. The van der Waals surface area contributed by atoms with Gasteiger partial charge in [-0.1, -0.05) is 12.1 Å². The lowest BCUT2D eigenvalue weighted by Crippen LogP contribution is -2.43. The van der Waals surface area contributed by atoms with Crippen molar-refractivity contribution in [2.24, 2.45) is 5.73 Å². The van der Waals surface area contributed by atoms with Crippen LogP contribution in [0.15, 0.2) is 24.3 Å². The van der Waals surface area contributed by atoms with E-state index in [9.17, 15) is 0 Å². The Hall–Kier alpha value is -1.88. The topological polar surface area (TPSA) is 67.1 Å². The predicted octanol–water partition coefficient (Wildman–Crippen LogP) is 1.60. The highest BCUT2D eigenvalue weighted by atomic mass is 15.2. The molecule has 1 aromatic carbocycles. The standard InChI is InChI=1S/C14H19N5/c1-16-13-14(19-8-4-5-10(15)9-19)18-12-7-3-2-6-11(12)17-13/h2-3,6-7,10H,4-5,8-9,15H2,1H3,(H,16,17). The first-order valence-corrected chi connectivity index (χ1v) is 6.73. The van der Waals surface area contributed by atoms with Gasteiger partial charge < -0.3 is 16.0 Å². The molecule has 3 N–H and O–H groups in total. The fourth-order valence-electron chi connectivity index (χ4n) is 2.58. The number of para-hydroxylation sites is 2. The number of nitrogens with two attached hydrogens (primary N) is 1. The molecule has 0 aliphatic carbocycles. The van der Waals surface area contributed by atoms with E-state index in [1.165, 1.54) is 0 Å². The number of rotatable bonds is 2. The van der Waals surface area contributed by atoms with Gasteiger partial charge in [0, 0.05) is 26.2 Å². The van der Waals surface area contributed by atoms with Crippen LogP contribution in [0.4, 0.5) is 11.6 Å². The van der Waals surface area contributed by atoms with Crippen molar-refractivity contribution in [2.45, 2.75) is 18.9 Å². The lowest BCUT2D eigenvalue weighted by Gasteiger charge is -2.32. The monoisotopic (exact) mass is 257 g/mol. The van der Waals surface area contributed by atoms with Gasteiger partial charge in [-0.15, -0.1) is 0 Å². The minimum Gasteiger partial charge on any atom is -0.370 e. The summed E-state index contributed by atoms with van der Waals surface area (Å²) in [5, 5.41) is 3.14. The number of hydrogen-bond donors (Lipinski definition) is 2. The van der Waals surface area contributed by atoms with Gasteiger partial charge in [0.15, 0.2) is 11.6 Å².